The lowest BCUT2D eigenvalue weighted by Crippen LogP contribution is -2.53. The summed E-state index contributed by atoms with van der Waals surface area (Å²) in [4.78, 5) is 28.6. The Morgan fingerprint density at radius 2 is 1.76 bits per heavy atom. The van der Waals surface area contributed by atoms with Crippen molar-refractivity contribution in [2.75, 3.05) is 20.7 Å². The summed E-state index contributed by atoms with van der Waals surface area (Å²) in [5.41, 5.74) is 1.73. The van der Waals surface area contributed by atoms with Gasteiger partial charge in [0.25, 0.3) is 0 Å². The fraction of sp³-hybridized carbons (Fsp3) is 0.500. The van der Waals surface area contributed by atoms with Crippen molar-refractivity contribution in [1.82, 2.24) is 14.5 Å². The lowest BCUT2D eigenvalue weighted by Gasteiger charge is -2.33. The number of nitrogens with one attached hydrogen (secondary N) is 1. The van der Waals surface area contributed by atoms with E-state index in [2.05, 4.69) is 5.32 Å². The summed E-state index contributed by atoms with van der Waals surface area (Å²) in [5.74, 6) is 0.00464. The number of aryl methyl sites for hydroxylation is 1. The highest BCUT2D eigenvalue weighted by Gasteiger charge is 2.32. The monoisotopic (exact) mass is 529 g/mol. The number of likely N-dealkylation sites (N-methyl/N-ethyl adjacent to an activating group) is 1. The molecule has 0 spiro atoms. The van der Waals surface area contributed by atoms with Crippen molar-refractivity contribution in [1.29, 1.82) is 0 Å². The van der Waals surface area contributed by atoms with E-state index in [-0.39, 0.29) is 29.9 Å². The predicted molar refractivity (Wildman–Crippen MR) is 144 cm³/mol. The Kier molecular flexibility index (Phi) is 10.1. The van der Waals surface area contributed by atoms with Crippen molar-refractivity contribution in [3.63, 3.8) is 0 Å². The highest BCUT2D eigenvalue weighted by atomic mass is 32.2. The van der Waals surface area contributed by atoms with Crippen LogP contribution in [0.1, 0.15) is 56.6 Å². The SMILES string of the molecule is CC[C@@H](C(=O)NC1CCCCC1)N(Cc1cccc(OC)c1)C(=O)CN(C)S(=O)(=O)c1ccc(C)cc1. The number of sulfonamides is 1. The molecule has 2 aromatic carbocycles. The smallest absolute Gasteiger partial charge is 0.243 e. The summed E-state index contributed by atoms with van der Waals surface area (Å²) >= 11 is 0. The molecule has 37 heavy (non-hydrogen) atoms. The van der Waals surface area contributed by atoms with Gasteiger partial charge in [-0.1, -0.05) is 56.0 Å². The molecule has 1 aliphatic carbocycles. The molecule has 9 heteroatoms. The van der Waals surface area contributed by atoms with E-state index in [0.717, 1.165) is 41.1 Å². The topological polar surface area (TPSA) is 96.0 Å². The van der Waals surface area contributed by atoms with Gasteiger partial charge in [0, 0.05) is 19.6 Å². The highest BCUT2D eigenvalue weighted by molar-refractivity contribution is 7.89. The third kappa shape index (κ3) is 7.55. The van der Waals surface area contributed by atoms with Crippen LogP contribution in [0, 0.1) is 6.92 Å². The van der Waals surface area contributed by atoms with Crippen LogP contribution in [0.3, 0.4) is 0 Å². The molecule has 1 fully saturated rings. The highest BCUT2D eigenvalue weighted by Crippen LogP contribution is 2.21. The largest absolute Gasteiger partial charge is 0.497 e. The second-order valence-corrected chi connectivity index (χ2v) is 11.8. The molecule has 0 aromatic heterocycles. The zero-order valence-electron chi connectivity index (χ0n) is 22.3. The van der Waals surface area contributed by atoms with Gasteiger partial charge in [-0.3, -0.25) is 9.59 Å². The van der Waals surface area contributed by atoms with Crippen molar-refractivity contribution in [3.8, 4) is 5.75 Å². The molecule has 0 aliphatic heterocycles. The maximum Gasteiger partial charge on any atom is 0.243 e. The molecule has 0 saturated heterocycles. The summed E-state index contributed by atoms with van der Waals surface area (Å²) in [5, 5.41) is 3.14. The van der Waals surface area contributed by atoms with Gasteiger partial charge in [-0.05, 0) is 56.0 Å². The van der Waals surface area contributed by atoms with Gasteiger partial charge in [0.05, 0.1) is 18.6 Å². The average molecular weight is 530 g/mol. The molecular formula is C28H39N3O5S. The first-order valence-corrected chi connectivity index (χ1v) is 14.4. The summed E-state index contributed by atoms with van der Waals surface area (Å²) in [6.07, 6.45) is 5.60. The minimum Gasteiger partial charge on any atom is -0.497 e. The Morgan fingerprint density at radius 3 is 2.38 bits per heavy atom. The molecule has 0 unspecified atom stereocenters. The summed E-state index contributed by atoms with van der Waals surface area (Å²) in [6.45, 7) is 3.52. The van der Waals surface area contributed by atoms with E-state index in [9.17, 15) is 18.0 Å². The lowest BCUT2D eigenvalue weighted by molar-refractivity contribution is -0.141. The number of methoxy groups -OCH3 is 1. The van der Waals surface area contributed by atoms with Crippen LogP contribution in [0.4, 0.5) is 0 Å². The van der Waals surface area contributed by atoms with Gasteiger partial charge >= 0.3 is 0 Å². The zero-order valence-corrected chi connectivity index (χ0v) is 23.1. The standard InChI is InChI=1S/C28H39N3O5S/c1-5-26(28(33)29-23-11-7-6-8-12-23)31(19-22-10-9-13-24(18-22)36-4)27(32)20-30(3)37(34,35)25-16-14-21(2)15-17-25/h9-10,13-18,23,26H,5-8,11-12,19-20H2,1-4H3,(H,29,33)/t26-/m0/s1. The number of nitrogens with zero attached hydrogens (tertiary/aromatic N) is 2. The summed E-state index contributed by atoms with van der Waals surface area (Å²) < 4.78 is 32.7. The molecular weight excluding hydrogens is 490 g/mol. The second-order valence-electron chi connectivity index (χ2n) is 9.71. The number of ether oxygens (including phenoxy) is 1. The van der Waals surface area contributed by atoms with Gasteiger partial charge in [-0.25, -0.2) is 8.42 Å². The maximum atomic E-state index is 13.7. The Labute approximate surface area is 221 Å². The third-order valence-electron chi connectivity index (χ3n) is 6.91. The van der Waals surface area contributed by atoms with Gasteiger partial charge in [-0.2, -0.15) is 4.31 Å². The van der Waals surface area contributed by atoms with Crippen LogP contribution in [-0.2, 0) is 26.2 Å². The van der Waals surface area contributed by atoms with E-state index in [1.165, 1.54) is 30.5 Å². The number of hydrogen-bond donors (Lipinski definition) is 1. The van der Waals surface area contributed by atoms with E-state index in [4.69, 9.17) is 4.74 Å². The van der Waals surface area contributed by atoms with Crippen LogP contribution in [0.5, 0.6) is 5.75 Å². The molecule has 202 valence electrons. The maximum absolute atomic E-state index is 13.7. The molecule has 1 aliphatic rings. The quantitative estimate of drug-likeness (QED) is 0.477. The predicted octanol–water partition coefficient (Wildman–Crippen LogP) is 3.88. The minimum atomic E-state index is -3.88. The normalized spacial score (nSPS) is 15.3. The molecule has 0 heterocycles. The number of carbonyl (C=O) groups excluding carboxylic acids is 2. The van der Waals surface area contributed by atoms with Crippen LogP contribution in [-0.4, -0.2) is 62.2 Å². The van der Waals surface area contributed by atoms with Crippen molar-refractivity contribution >= 4 is 21.8 Å². The Morgan fingerprint density at radius 1 is 1.08 bits per heavy atom. The van der Waals surface area contributed by atoms with Gasteiger partial charge in [-0.15, -0.1) is 0 Å². The molecule has 1 N–H and O–H groups in total. The summed E-state index contributed by atoms with van der Waals surface area (Å²) in [7, 11) is -0.920. The zero-order chi connectivity index (χ0) is 27.0. The number of hydrogen-bond acceptors (Lipinski definition) is 5. The van der Waals surface area contributed by atoms with Crippen molar-refractivity contribution in [2.24, 2.45) is 0 Å². The number of benzene rings is 2. The first-order chi connectivity index (χ1) is 17.6. The Hall–Kier alpha value is -2.91. The first kappa shape index (κ1) is 28.7. The lowest BCUT2D eigenvalue weighted by atomic mass is 9.95. The molecule has 2 aromatic rings. The number of amides is 2. The molecule has 3 rings (SSSR count). The third-order valence-corrected chi connectivity index (χ3v) is 8.73. The van der Waals surface area contributed by atoms with Crippen LogP contribution < -0.4 is 10.1 Å². The van der Waals surface area contributed by atoms with E-state index >= 15 is 0 Å². The van der Waals surface area contributed by atoms with Crippen LogP contribution >= 0.6 is 0 Å². The Balaban J connectivity index is 1.85. The second kappa shape index (κ2) is 13.1. The average Bonchev–Trinajstić information content (AvgIpc) is 2.89. The molecule has 0 radical (unpaired) electrons. The van der Waals surface area contributed by atoms with Crippen LogP contribution in [0.15, 0.2) is 53.4 Å². The van der Waals surface area contributed by atoms with Crippen LogP contribution in [0.2, 0.25) is 0 Å². The molecule has 2 amide bonds. The van der Waals surface area contributed by atoms with E-state index in [1.807, 2.05) is 38.1 Å². The van der Waals surface area contributed by atoms with Crippen LogP contribution in [0.25, 0.3) is 0 Å². The van der Waals surface area contributed by atoms with E-state index in [0.29, 0.717) is 12.2 Å². The number of rotatable bonds is 11. The van der Waals surface area contributed by atoms with Gasteiger partial charge < -0.3 is 15.0 Å². The van der Waals surface area contributed by atoms with Crippen molar-refractivity contribution < 1.29 is 22.7 Å². The molecule has 1 atom stereocenters. The summed E-state index contributed by atoms with van der Waals surface area (Å²) in [6, 6.07) is 13.2. The minimum absolute atomic E-state index is 0.105. The van der Waals surface area contributed by atoms with Gasteiger partial charge in [0.15, 0.2) is 0 Å². The van der Waals surface area contributed by atoms with E-state index < -0.39 is 22.0 Å². The fourth-order valence-electron chi connectivity index (χ4n) is 4.69. The van der Waals surface area contributed by atoms with Crippen molar-refractivity contribution in [2.45, 2.75) is 75.9 Å². The Bertz CT molecular complexity index is 1160. The van der Waals surface area contributed by atoms with E-state index in [1.54, 1.807) is 19.2 Å². The molecule has 0 bridgehead atoms. The van der Waals surface area contributed by atoms with Gasteiger partial charge in [0.1, 0.15) is 11.8 Å². The fourth-order valence-corrected chi connectivity index (χ4v) is 5.81. The molecule has 8 nitrogen and oxygen atoms in total. The molecule has 1 saturated carbocycles. The first-order valence-electron chi connectivity index (χ1n) is 12.9. The number of carbonyl (C=O) groups is 2. The van der Waals surface area contributed by atoms with Crippen molar-refractivity contribution in [3.05, 3.63) is 59.7 Å². The van der Waals surface area contributed by atoms with Gasteiger partial charge in [0.2, 0.25) is 21.8 Å².